The Morgan fingerprint density at radius 1 is 1.17 bits per heavy atom. The summed E-state index contributed by atoms with van der Waals surface area (Å²) in [7, 11) is 0. The molecule has 1 saturated carbocycles. The Morgan fingerprint density at radius 2 is 1.92 bits per heavy atom. The van der Waals surface area contributed by atoms with E-state index in [-0.39, 0.29) is 24.2 Å². The highest BCUT2D eigenvalue weighted by Crippen LogP contribution is 2.25. The number of para-hydroxylation sites is 1. The van der Waals surface area contributed by atoms with Crippen LogP contribution in [0.25, 0.3) is 0 Å². The summed E-state index contributed by atoms with van der Waals surface area (Å²) in [5.74, 6) is 1.37. The molecular weight excluding hydrogens is 304 g/mol. The molecule has 2 fully saturated rings. The second-order valence-electron chi connectivity index (χ2n) is 6.86. The molecule has 0 unspecified atom stereocenters. The largest absolute Gasteiger partial charge is 0.488 e. The van der Waals surface area contributed by atoms with Gasteiger partial charge in [0.25, 0.3) is 0 Å². The minimum absolute atomic E-state index is 0.0523. The van der Waals surface area contributed by atoms with E-state index in [4.69, 9.17) is 9.47 Å². The number of hydrogen-bond donors (Lipinski definition) is 2. The molecule has 2 N–H and O–H groups in total. The Hall–Kier alpha value is -1.75. The van der Waals surface area contributed by atoms with Gasteiger partial charge < -0.3 is 20.1 Å². The van der Waals surface area contributed by atoms with Crippen molar-refractivity contribution in [2.75, 3.05) is 13.2 Å². The smallest absolute Gasteiger partial charge is 0.315 e. The Bertz CT molecular complexity index is 517. The lowest BCUT2D eigenvalue weighted by atomic mass is 9.93. The molecule has 3 rings (SSSR count). The molecule has 2 aliphatic rings. The molecular formula is C19H28N2O3. The number of nitrogens with one attached hydrogen (secondary N) is 2. The fourth-order valence-electron chi connectivity index (χ4n) is 3.66. The van der Waals surface area contributed by atoms with Crippen LogP contribution in [-0.4, -0.2) is 37.4 Å². The van der Waals surface area contributed by atoms with E-state index < -0.39 is 0 Å². The predicted molar refractivity (Wildman–Crippen MR) is 93.2 cm³/mol. The third-order valence-electron chi connectivity index (χ3n) is 5.13. The van der Waals surface area contributed by atoms with Gasteiger partial charge in [-0.3, -0.25) is 0 Å². The first kappa shape index (κ1) is 17.1. The SMILES string of the molecule is C[C@H](NC(=O)N[C@H]1CCC[C@H]1Oc1ccccc1)C1CCOCC1. The molecule has 1 aromatic rings. The number of carbonyl (C=O) groups excluding carboxylic acids is 1. The molecule has 1 aliphatic carbocycles. The molecule has 0 bridgehead atoms. The van der Waals surface area contributed by atoms with Gasteiger partial charge in [-0.05, 0) is 57.1 Å². The van der Waals surface area contributed by atoms with Crippen molar-refractivity contribution in [1.29, 1.82) is 0 Å². The lowest BCUT2D eigenvalue weighted by Crippen LogP contribution is -2.51. The molecule has 3 atom stereocenters. The van der Waals surface area contributed by atoms with Crippen LogP contribution < -0.4 is 15.4 Å². The summed E-state index contributed by atoms with van der Waals surface area (Å²) in [6, 6.07) is 10.00. The van der Waals surface area contributed by atoms with Crippen molar-refractivity contribution in [3.63, 3.8) is 0 Å². The fourth-order valence-corrected chi connectivity index (χ4v) is 3.66. The van der Waals surface area contributed by atoms with Gasteiger partial charge in [0.05, 0.1) is 6.04 Å². The van der Waals surface area contributed by atoms with E-state index in [0.29, 0.717) is 5.92 Å². The first-order valence-electron chi connectivity index (χ1n) is 9.09. The van der Waals surface area contributed by atoms with E-state index in [1.54, 1.807) is 0 Å². The molecule has 0 spiro atoms. The summed E-state index contributed by atoms with van der Waals surface area (Å²) in [5, 5.41) is 6.21. The topological polar surface area (TPSA) is 59.6 Å². The first-order valence-corrected chi connectivity index (χ1v) is 9.09. The van der Waals surface area contributed by atoms with Gasteiger partial charge >= 0.3 is 6.03 Å². The van der Waals surface area contributed by atoms with Gasteiger partial charge in [-0.15, -0.1) is 0 Å². The van der Waals surface area contributed by atoms with Crippen LogP contribution in [-0.2, 0) is 4.74 Å². The van der Waals surface area contributed by atoms with Crippen molar-refractivity contribution in [1.82, 2.24) is 10.6 Å². The van der Waals surface area contributed by atoms with Crippen molar-refractivity contribution in [2.45, 2.75) is 57.2 Å². The third-order valence-corrected chi connectivity index (χ3v) is 5.13. The normalized spacial score (nSPS) is 25.9. The van der Waals surface area contributed by atoms with Crippen molar-refractivity contribution in [2.24, 2.45) is 5.92 Å². The zero-order valence-corrected chi connectivity index (χ0v) is 14.4. The fraction of sp³-hybridized carbons (Fsp3) is 0.632. The van der Waals surface area contributed by atoms with Crippen molar-refractivity contribution in [3.8, 4) is 5.75 Å². The highest BCUT2D eigenvalue weighted by molar-refractivity contribution is 5.74. The number of benzene rings is 1. The molecule has 132 valence electrons. The maximum Gasteiger partial charge on any atom is 0.315 e. The van der Waals surface area contributed by atoms with Gasteiger partial charge in [-0.1, -0.05) is 18.2 Å². The number of rotatable bonds is 5. The lowest BCUT2D eigenvalue weighted by molar-refractivity contribution is 0.0569. The number of amides is 2. The minimum Gasteiger partial charge on any atom is -0.488 e. The van der Waals surface area contributed by atoms with E-state index >= 15 is 0 Å². The van der Waals surface area contributed by atoms with Gasteiger partial charge in [-0.2, -0.15) is 0 Å². The molecule has 24 heavy (non-hydrogen) atoms. The Kier molecular flexibility index (Phi) is 5.96. The van der Waals surface area contributed by atoms with Gasteiger partial charge in [0.15, 0.2) is 0 Å². The summed E-state index contributed by atoms with van der Waals surface area (Å²) < 4.78 is 11.4. The highest BCUT2D eigenvalue weighted by Gasteiger charge is 2.31. The van der Waals surface area contributed by atoms with E-state index in [1.165, 1.54) is 0 Å². The molecule has 0 radical (unpaired) electrons. The van der Waals surface area contributed by atoms with Gasteiger partial charge in [0.2, 0.25) is 0 Å². The van der Waals surface area contributed by atoms with Crippen LogP contribution in [0.1, 0.15) is 39.0 Å². The average Bonchev–Trinajstić information content (AvgIpc) is 3.03. The summed E-state index contributed by atoms with van der Waals surface area (Å²) in [5.41, 5.74) is 0. The molecule has 1 heterocycles. The first-order chi connectivity index (χ1) is 11.7. The molecule has 2 amide bonds. The highest BCUT2D eigenvalue weighted by atomic mass is 16.5. The summed E-state index contributed by atoms with van der Waals surface area (Å²) >= 11 is 0. The second kappa shape index (κ2) is 8.38. The van der Waals surface area contributed by atoms with Crippen LogP contribution in [0.4, 0.5) is 4.79 Å². The maximum atomic E-state index is 12.3. The van der Waals surface area contributed by atoms with Crippen LogP contribution in [0.5, 0.6) is 5.75 Å². The number of ether oxygens (including phenoxy) is 2. The van der Waals surface area contributed by atoms with Crippen molar-refractivity contribution in [3.05, 3.63) is 30.3 Å². The van der Waals surface area contributed by atoms with Gasteiger partial charge in [0, 0.05) is 19.3 Å². The average molecular weight is 332 g/mol. The Morgan fingerprint density at radius 3 is 2.67 bits per heavy atom. The minimum atomic E-state index is -0.0810. The Labute approximate surface area is 144 Å². The van der Waals surface area contributed by atoms with Crippen molar-refractivity contribution >= 4 is 6.03 Å². The standard InChI is InChI=1S/C19H28N2O3/c1-14(15-10-12-23-13-11-15)20-19(22)21-17-8-5-9-18(17)24-16-6-3-2-4-7-16/h2-4,6-7,14-15,17-18H,5,8-13H2,1H3,(H2,20,21,22)/t14-,17-,18+/m0/s1. The van der Waals surface area contributed by atoms with E-state index in [0.717, 1.165) is 51.1 Å². The molecule has 1 aromatic carbocycles. The molecule has 1 saturated heterocycles. The van der Waals surface area contributed by atoms with Gasteiger partial charge in [-0.25, -0.2) is 4.79 Å². The number of carbonyl (C=O) groups is 1. The van der Waals surface area contributed by atoms with Gasteiger partial charge in [0.1, 0.15) is 11.9 Å². The predicted octanol–water partition coefficient (Wildman–Crippen LogP) is 3.10. The summed E-state index contributed by atoms with van der Waals surface area (Å²) in [6.07, 6.45) is 5.12. The molecule has 5 heteroatoms. The van der Waals surface area contributed by atoms with Crippen LogP contribution in [0.15, 0.2) is 30.3 Å². The number of hydrogen-bond acceptors (Lipinski definition) is 3. The monoisotopic (exact) mass is 332 g/mol. The van der Waals surface area contributed by atoms with Crippen LogP contribution >= 0.6 is 0 Å². The van der Waals surface area contributed by atoms with Crippen LogP contribution in [0, 0.1) is 5.92 Å². The van der Waals surface area contributed by atoms with Crippen LogP contribution in [0.3, 0.4) is 0 Å². The van der Waals surface area contributed by atoms with E-state index in [1.807, 2.05) is 30.3 Å². The lowest BCUT2D eigenvalue weighted by Gasteiger charge is -2.29. The summed E-state index contributed by atoms with van der Waals surface area (Å²) in [6.45, 7) is 3.68. The van der Waals surface area contributed by atoms with E-state index in [2.05, 4.69) is 17.6 Å². The Balaban J connectivity index is 1.47. The number of urea groups is 1. The zero-order chi connectivity index (χ0) is 16.8. The molecule has 1 aliphatic heterocycles. The summed E-state index contributed by atoms with van der Waals surface area (Å²) in [4.78, 5) is 12.3. The van der Waals surface area contributed by atoms with E-state index in [9.17, 15) is 4.79 Å². The van der Waals surface area contributed by atoms with Crippen LogP contribution in [0.2, 0.25) is 0 Å². The molecule has 0 aromatic heterocycles. The maximum absolute atomic E-state index is 12.3. The van der Waals surface area contributed by atoms with Crippen molar-refractivity contribution < 1.29 is 14.3 Å². The molecule has 5 nitrogen and oxygen atoms in total. The zero-order valence-electron chi connectivity index (χ0n) is 14.4. The quantitative estimate of drug-likeness (QED) is 0.871. The second-order valence-corrected chi connectivity index (χ2v) is 6.86. The third kappa shape index (κ3) is 4.63.